The Labute approximate surface area is 144 Å². The van der Waals surface area contributed by atoms with Crippen LogP contribution >= 0.6 is 0 Å². The second-order valence-corrected chi connectivity index (χ2v) is 9.18. The molecule has 4 rings (SSSR count). The molecule has 1 amide bonds. The minimum absolute atomic E-state index is 0.0635. The van der Waals surface area contributed by atoms with Gasteiger partial charge in [-0.25, -0.2) is 0 Å². The predicted molar refractivity (Wildman–Crippen MR) is 90.1 cm³/mol. The molecule has 4 fully saturated rings. The average Bonchev–Trinajstić information content (AvgIpc) is 2.86. The van der Waals surface area contributed by atoms with Gasteiger partial charge in [0.25, 0.3) is 0 Å². The summed E-state index contributed by atoms with van der Waals surface area (Å²) in [5, 5.41) is 2.89. The van der Waals surface area contributed by atoms with Gasteiger partial charge in [0.1, 0.15) is 5.78 Å². The van der Waals surface area contributed by atoms with Crippen molar-refractivity contribution in [2.75, 3.05) is 0 Å². The molecule has 4 heteroatoms. The van der Waals surface area contributed by atoms with Crippen molar-refractivity contribution < 1.29 is 14.4 Å². The van der Waals surface area contributed by atoms with E-state index in [4.69, 9.17) is 0 Å². The van der Waals surface area contributed by atoms with Gasteiger partial charge >= 0.3 is 0 Å². The van der Waals surface area contributed by atoms with Gasteiger partial charge in [0.2, 0.25) is 6.41 Å². The predicted octanol–water partition coefficient (Wildman–Crippen LogP) is 2.89. The molecule has 4 saturated carbocycles. The molecule has 24 heavy (non-hydrogen) atoms. The van der Waals surface area contributed by atoms with Crippen LogP contribution in [-0.2, 0) is 14.4 Å². The third-order valence-corrected chi connectivity index (χ3v) is 8.43. The summed E-state index contributed by atoms with van der Waals surface area (Å²) >= 11 is 0. The van der Waals surface area contributed by atoms with Gasteiger partial charge in [0.05, 0.1) is 6.04 Å². The summed E-state index contributed by atoms with van der Waals surface area (Å²) in [6.45, 7) is 4.43. The van der Waals surface area contributed by atoms with E-state index in [9.17, 15) is 14.4 Å². The Hall–Kier alpha value is -1.19. The summed E-state index contributed by atoms with van der Waals surface area (Å²) in [5.41, 5.74) is -0.212. The Balaban J connectivity index is 1.78. The van der Waals surface area contributed by atoms with E-state index in [-0.39, 0.29) is 40.4 Å². The second-order valence-electron chi connectivity index (χ2n) is 9.18. The van der Waals surface area contributed by atoms with E-state index < -0.39 is 0 Å². The fourth-order valence-electron chi connectivity index (χ4n) is 7.14. The van der Waals surface area contributed by atoms with E-state index in [0.717, 1.165) is 38.5 Å². The fraction of sp³-hybridized carbons (Fsp3) is 0.850. The number of ketones is 2. The van der Waals surface area contributed by atoms with Crippen LogP contribution < -0.4 is 5.32 Å². The molecule has 0 bridgehead atoms. The van der Waals surface area contributed by atoms with E-state index in [0.29, 0.717) is 24.5 Å². The maximum absolute atomic E-state index is 13.3. The van der Waals surface area contributed by atoms with Crippen molar-refractivity contribution in [3.63, 3.8) is 0 Å². The highest BCUT2D eigenvalue weighted by molar-refractivity contribution is 5.91. The Bertz CT molecular complexity index is 587. The molecule has 0 aromatic rings. The maximum atomic E-state index is 13.3. The van der Waals surface area contributed by atoms with E-state index in [2.05, 4.69) is 19.2 Å². The van der Waals surface area contributed by atoms with Crippen LogP contribution in [0.3, 0.4) is 0 Å². The van der Waals surface area contributed by atoms with Crippen molar-refractivity contribution >= 4 is 18.0 Å². The van der Waals surface area contributed by atoms with E-state index in [1.165, 1.54) is 6.42 Å². The highest BCUT2D eigenvalue weighted by Gasteiger charge is 2.64. The molecule has 4 aliphatic rings. The Morgan fingerprint density at radius 1 is 1.04 bits per heavy atom. The minimum Gasteiger partial charge on any atom is -0.349 e. The van der Waals surface area contributed by atoms with Crippen molar-refractivity contribution in [1.82, 2.24) is 5.32 Å². The Kier molecular flexibility index (Phi) is 3.67. The first kappa shape index (κ1) is 16.3. The maximum Gasteiger partial charge on any atom is 0.207 e. The number of carbonyl (C=O) groups is 3. The molecule has 1 unspecified atom stereocenters. The molecular weight excluding hydrogens is 302 g/mol. The standard InChI is InChI=1S/C20H29NO3/c1-19-9-4-3-5-14(19)18(24)17(21-11-22)16-12-6-7-15(23)20(12,2)10-8-13(16)19/h11-14,16-17H,3-10H2,1-2H3,(H,21,22)/t12-,13-,14?,16-,17-,19+,20-/m0/s1. The van der Waals surface area contributed by atoms with Gasteiger partial charge < -0.3 is 5.32 Å². The van der Waals surface area contributed by atoms with Gasteiger partial charge in [-0.2, -0.15) is 0 Å². The van der Waals surface area contributed by atoms with Crippen LogP contribution in [0.5, 0.6) is 0 Å². The summed E-state index contributed by atoms with van der Waals surface area (Å²) in [4.78, 5) is 37.1. The van der Waals surface area contributed by atoms with Crippen molar-refractivity contribution in [2.24, 2.45) is 34.5 Å². The lowest BCUT2D eigenvalue weighted by Gasteiger charge is -2.60. The fourth-order valence-corrected chi connectivity index (χ4v) is 7.14. The first-order valence-electron chi connectivity index (χ1n) is 9.70. The van der Waals surface area contributed by atoms with Crippen LogP contribution in [0.4, 0.5) is 0 Å². The van der Waals surface area contributed by atoms with Gasteiger partial charge in [-0.1, -0.05) is 26.7 Å². The molecule has 0 saturated heterocycles. The first-order valence-corrected chi connectivity index (χ1v) is 9.70. The van der Waals surface area contributed by atoms with Gasteiger partial charge in [-0.3, -0.25) is 14.4 Å². The van der Waals surface area contributed by atoms with E-state index >= 15 is 0 Å². The van der Waals surface area contributed by atoms with Gasteiger partial charge in [-0.15, -0.1) is 0 Å². The van der Waals surface area contributed by atoms with Crippen molar-refractivity contribution in [3.05, 3.63) is 0 Å². The molecule has 4 aliphatic carbocycles. The zero-order valence-electron chi connectivity index (χ0n) is 14.8. The zero-order chi connectivity index (χ0) is 17.1. The number of fused-ring (bicyclic) bond motifs is 5. The number of rotatable bonds is 2. The van der Waals surface area contributed by atoms with Crippen LogP contribution in [0, 0.1) is 34.5 Å². The molecule has 0 radical (unpaired) electrons. The number of hydrogen-bond acceptors (Lipinski definition) is 3. The molecule has 4 nitrogen and oxygen atoms in total. The molecule has 0 aromatic heterocycles. The molecule has 132 valence electrons. The molecule has 7 atom stereocenters. The van der Waals surface area contributed by atoms with E-state index in [1.54, 1.807) is 0 Å². The number of hydrogen-bond donors (Lipinski definition) is 1. The monoisotopic (exact) mass is 331 g/mol. The van der Waals surface area contributed by atoms with Crippen molar-refractivity contribution in [2.45, 2.75) is 71.3 Å². The quantitative estimate of drug-likeness (QED) is 0.791. The van der Waals surface area contributed by atoms with Crippen LogP contribution in [0.2, 0.25) is 0 Å². The molecule has 0 aromatic carbocycles. The van der Waals surface area contributed by atoms with Crippen LogP contribution in [-0.4, -0.2) is 24.0 Å². The van der Waals surface area contributed by atoms with E-state index in [1.807, 2.05) is 0 Å². The van der Waals surface area contributed by atoms with Gasteiger partial charge in [0.15, 0.2) is 5.78 Å². The Morgan fingerprint density at radius 3 is 2.58 bits per heavy atom. The summed E-state index contributed by atoms with van der Waals surface area (Å²) in [6.07, 6.45) is 8.64. The van der Waals surface area contributed by atoms with Crippen molar-refractivity contribution in [3.8, 4) is 0 Å². The van der Waals surface area contributed by atoms with Gasteiger partial charge in [0, 0.05) is 17.8 Å². The number of nitrogens with one attached hydrogen (secondary N) is 1. The number of carbonyl (C=O) groups excluding carboxylic acids is 3. The van der Waals surface area contributed by atoms with Crippen LogP contribution in [0.1, 0.15) is 65.2 Å². The lowest BCUT2D eigenvalue weighted by atomic mass is 9.44. The summed E-state index contributed by atoms with van der Waals surface area (Å²) in [6, 6.07) is -0.376. The highest BCUT2D eigenvalue weighted by atomic mass is 16.1. The van der Waals surface area contributed by atoms with Crippen LogP contribution in [0.15, 0.2) is 0 Å². The smallest absolute Gasteiger partial charge is 0.207 e. The normalized spacial score (nSPS) is 50.7. The third-order valence-electron chi connectivity index (χ3n) is 8.43. The third kappa shape index (κ3) is 1.94. The lowest BCUT2D eigenvalue weighted by molar-refractivity contribution is -0.162. The zero-order valence-corrected chi connectivity index (χ0v) is 14.8. The molecular formula is C20H29NO3. The lowest BCUT2D eigenvalue weighted by Crippen LogP contribution is -2.65. The topological polar surface area (TPSA) is 63.2 Å². The number of amides is 1. The summed E-state index contributed by atoms with van der Waals surface area (Å²) < 4.78 is 0. The molecule has 1 N–H and O–H groups in total. The largest absolute Gasteiger partial charge is 0.349 e. The summed E-state index contributed by atoms with van der Waals surface area (Å²) in [5.74, 6) is 1.57. The Morgan fingerprint density at radius 2 is 1.83 bits per heavy atom. The second kappa shape index (κ2) is 5.40. The first-order chi connectivity index (χ1) is 11.4. The number of Topliss-reactive ketones (excluding diaryl/α,β-unsaturated/α-hetero) is 2. The van der Waals surface area contributed by atoms with Gasteiger partial charge in [-0.05, 0) is 55.3 Å². The molecule has 0 spiro atoms. The average molecular weight is 331 g/mol. The summed E-state index contributed by atoms with van der Waals surface area (Å²) in [7, 11) is 0. The highest BCUT2D eigenvalue weighted by Crippen LogP contribution is 2.64. The minimum atomic E-state index is -0.376. The van der Waals surface area contributed by atoms with Crippen molar-refractivity contribution in [1.29, 1.82) is 0 Å². The van der Waals surface area contributed by atoms with Crippen LogP contribution in [0.25, 0.3) is 0 Å². The molecule has 0 heterocycles. The molecule has 0 aliphatic heterocycles. The SMILES string of the molecule is C[C@]12CCCCC1C(=O)[C@@H](NC=O)[C@@H]1[C@@H]2CC[C@]2(C)C(=O)CC[C@@H]12.